The van der Waals surface area contributed by atoms with Crippen molar-refractivity contribution in [2.24, 2.45) is 0 Å². The lowest BCUT2D eigenvalue weighted by Gasteiger charge is -2.37. The van der Waals surface area contributed by atoms with Crippen LogP contribution in [0.1, 0.15) is 52.7 Å². The molecule has 5 aromatic carbocycles. The number of fused-ring (bicyclic) bond motifs is 1. The third-order valence-corrected chi connectivity index (χ3v) is 9.36. The van der Waals surface area contributed by atoms with Crippen LogP contribution in [0.15, 0.2) is 127 Å². The first-order valence-electron chi connectivity index (χ1n) is 15.5. The molecule has 7 rings (SSSR count). The Morgan fingerprint density at radius 2 is 1.35 bits per heavy atom. The molecule has 0 spiro atoms. The van der Waals surface area contributed by atoms with E-state index in [0.29, 0.717) is 24.5 Å². The number of thiophene rings is 1. The number of hydrogen-bond acceptors (Lipinski definition) is 6. The SMILES string of the molecule is CC(C)Oc1ccc2c(C=O)c(-c3ccc(OC(c4ccccc4)(c4ccccc4)c4ccccc4)c(C4OCCO4)c3)sc2c1. The fourth-order valence-electron chi connectivity index (χ4n) is 6.14. The first-order chi connectivity index (χ1) is 22.6. The van der Waals surface area contributed by atoms with Crippen LogP contribution in [-0.2, 0) is 15.1 Å². The molecule has 2 heterocycles. The summed E-state index contributed by atoms with van der Waals surface area (Å²) in [6.45, 7) is 4.97. The Labute approximate surface area is 273 Å². The molecule has 0 N–H and O–H groups in total. The Kier molecular flexibility index (Phi) is 8.41. The van der Waals surface area contributed by atoms with Crippen LogP contribution >= 0.6 is 11.3 Å². The van der Waals surface area contributed by atoms with Crippen LogP contribution in [0.2, 0.25) is 0 Å². The van der Waals surface area contributed by atoms with Crippen LogP contribution in [0.3, 0.4) is 0 Å². The van der Waals surface area contributed by atoms with E-state index in [4.69, 9.17) is 18.9 Å². The van der Waals surface area contributed by atoms with Crippen molar-refractivity contribution in [2.45, 2.75) is 31.8 Å². The molecule has 0 bridgehead atoms. The van der Waals surface area contributed by atoms with Gasteiger partial charge in [-0.25, -0.2) is 0 Å². The summed E-state index contributed by atoms with van der Waals surface area (Å²) in [7, 11) is 0. The minimum Gasteiger partial charge on any atom is -0.491 e. The Hall–Kier alpha value is -4.75. The van der Waals surface area contributed by atoms with Gasteiger partial charge in [0.25, 0.3) is 0 Å². The Morgan fingerprint density at radius 3 is 1.89 bits per heavy atom. The normalized spacial score (nSPS) is 13.7. The second-order valence-corrected chi connectivity index (χ2v) is 12.5. The van der Waals surface area contributed by atoms with E-state index in [1.165, 1.54) is 0 Å². The molecule has 0 amide bonds. The number of benzene rings is 5. The van der Waals surface area contributed by atoms with Crippen molar-refractivity contribution in [1.29, 1.82) is 0 Å². The lowest BCUT2D eigenvalue weighted by atomic mass is 9.80. The summed E-state index contributed by atoms with van der Waals surface area (Å²) >= 11 is 1.57. The molecule has 5 nitrogen and oxygen atoms in total. The number of carbonyl (C=O) groups is 1. The predicted octanol–water partition coefficient (Wildman–Crippen LogP) is 9.58. The molecule has 0 atom stereocenters. The Morgan fingerprint density at radius 1 is 0.761 bits per heavy atom. The number of rotatable bonds is 10. The average molecular weight is 627 g/mol. The second-order valence-electron chi connectivity index (χ2n) is 11.5. The molecule has 1 aliphatic heterocycles. The standard InChI is InChI=1S/C40H34O5S/c1-27(2)44-32-19-20-33-35(26-41)38(46-37(33)25-32)28-18-21-36(34(24-28)39-42-22-23-43-39)45-40(29-12-6-3-7-13-29,30-14-8-4-9-15-30)31-16-10-5-11-17-31/h3-21,24-27,39H,22-23H2,1-2H3. The number of hydrogen-bond donors (Lipinski definition) is 0. The van der Waals surface area contributed by atoms with E-state index >= 15 is 0 Å². The fraction of sp³-hybridized carbons (Fsp3) is 0.175. The van der Waals surface area contributed by atoms with Gasteiger partial charge in [0.2, 0.25) is 0 Å². The lowest BCUT2D eigenvalue weighted by molar-refractivity contribution is -0.0469. The van der Waals surface area contributed by atoms with Gasteiger partial charge in [-0.2, -0.15) is 0 Å². The first-order valence-corrected chi connectivity index (χ1v) is 16.3. The maximum absolute atomic E-state index is 12.5. The molecule has 1 aromatic heterocycles. The first kappa shape index (κ1) is 29.9. The minimum absolute atomic E-state index is 0.0544. The molecule has 46 heavy (non-hydrogen) atoms. The highest BCUT2D eigenvalue weighted by Gasteiger charge is 2.40. The van der Waals surface area contributed by atoms with Crippen molar-refractivity contribution in [3.05, 3.63) is 155 Å². The van der Waals surface area contributed by atoms with Gasteiger partial charge in [0.1, 0.15) is 11.5 Å². The fourth-order valence-corrected chi connectivity index (χ4v) is 7.33. The number of carbonyl (C=O) groups excluding carboxylic acids is 1. The maximum atomic E-state index is 12.5. The molecule has 6 heteroatoms. The van der Waals surface area contributed by atoms with E-state index in [0.717, 1.165) is 54.8 Å². The maximum Gasteiger partial charge on any atom is 0.187 e. The van der Waals surface area contributed by atoms with Crippen molar-refractivity contribution in [2.75, 3.05) is 13.2 Å². The summed E-state index contributed by atoms with van der Waals surface area (Å²) in [4.78, 5) is 13.4. The van der Waals surface area contributed by atoms with Gasteiger partial charge < -0.3 is 18.9 Å². The summed E-state index contributed by atoms with van der Waals surface area (Å²) in [5.41, 5.74) is 4.29. The van der Waals surface area contributed by atoms with Crippen molar-refractivity contribution < 1.29 is 23.7 Å². The van der Waals surface area contributed by atoms with Crippen molar-refractivity contribution >= 4 is 27.7 Å². The third-order valence-electron chi connectivity index (χ3n) is 8.14. The van der Waals surface area contributed by atoms with E-state index in [9.17, 15) is 4.79 Å². The van der Waals surface area contributed by atoms with Gasteiger partial charge in [-0.1, -0.05) is 91.0 Å². The summed E-state index contributed by atoms with van der Waals surface area (Å²) in [6.07, 6.45) is 0.378. The molecule has 0 aliphatic carbocycles. The van der Waals surface area contributed by atoms with Gasteiger partial charge in [0.15, 0.2) is 18.2 Å². The van der Waals surface area contributed by atoms with E-state index in [1.807, 2.05) is 105 Å². The van der Waals surface area contributed by atoms with Gasteiger partial charge in [0, 0.05) is 37.2 Å². The largest absolute Gasteiger partial charge is 0.491 e. The molecule has 0 saturated carbocycles. The Bertz CT molecular complexity index is 1850. The van der Waals surface area contributed by atoms with Gasteiger partial charge in [-0.15, -0.1) is 11.3 Å². The summed E-state index contributed by atoms with van der Waals surface area (Å²) < 4.78 is 26.4. The molecule has 1 aliphatic rings. The zero-order valence-corrected chi connectivity index (χ0v) is 26.5. The highest BCUT2D eigenvalue weighted by molar-refractivity contribution is 7.22. The van der Waals surface area contributed by atoms with E-state index in [-0.39, 0.29) is 6.10 Å². The highest BCUT2D eigenvalue weighted by Crippen LogP contribution is 2.46. The van der Waals surface area contributed by atoms with Crippen LogP contribution in [0.4, 0.5) is 0 Å². The molecule has 6 aromatic rings. The summed E-state index contributed by atoms with van der Waals surface area (Å²) in [5, 5.41) is 0.901. The van der Waals surface area contributed by atoms with Gasteiger partial charge >= 0.3 is 0 Å². The van der Waals surface area contributed by atoms with E-state index < -0.39 is 11.9 Å². The summed E-state index contributed by atoms with van der Waals surface area (Å²) in [6, 6.07) is 42.8. The van der Waals surface area contributed by atoms with E-state index in [2.05, 4.69) is 36.4 Å². The van der Waals surface area contributed by atoms with Crippen LogP contribution in [0, 0.1) is 0 Å². The minimum atomic E-state index is -0.975. The van der Waals surface area contributed by atoms with Crippen molar-refractivity contribution in [1.82, 2.24) is 0 Å². The third kappa shape index (κ3) is 5.60. The molecule has 0 unspecified atom stereocenters. The van der Waals surface area contributed by atoms with Crippen LogP contribution < -0.4 is 9.47 Å². The Balaban J connectivity index is 1.40. The average Bonchev–Trinajstić information content (AvgIpc) is 3.76. The summed E-state index contributed by atoms with van der Waals surface area (Å²) in [5.74, 6) is 1.41. The zero-order chi connectivity index (χ0) is 31.5. The smallest absolute Gasteiger partial charge is 0.187 e. The molecular weight excluding hydrogens is 593 g/mol. The van der Waals surface area contributed by atoms with Crippen molar-refractivity contribution in [3.8, 4) is 21.9 Å². The highest BCUT2D eigenvalue weighted by atomic mass is 32.1. The lowest BCUT2D eigenvalue weighted by Crippen LogP contribution is -2.36. The topological polar surface area (TPSA) is 54.0 Å². The molecule has 1 saturated heterocycles. The van der Waals surface area contributed by atoms with Crippen LogP contribution in [0.5, 0.6) is 11.5 Å². The molecule has 1 fully saturated rings. The second kappa shape index (κ2) is 12.9. The number of aldehydes is 1. The van der Waals surface area contributed by atoms with Crippen LogP contribution in [0.25, 0.3) is 20.5 Å². The van der Waals surface area contributed by atoms with Crippen molar-refractivity contribution in [3.63, 3.8) is 0 Å². The van der Waals surface area contributed by atoms with Gasteiger partial charge in [-0.3, -0.25) is 4.79 Å². The monoisotopic (exact) mass is 626 g/mol. The van der Waals surface area contributed by atoms with E-state index in [1.54, 1.807) is 11.3 Å². The zero-order valence-electron chi connectivity index (χ0n) is 25.7. The quantitative estimate of drug-likeness (QED) is 0.112. The number of ether oxygens (including phenoxy) is 4. The molecular formula is C40H34O5S. The predicted molar refractivity (Wildman–Crippen MR) is 183 cm³/mol. The van der Waals surface area contributed by atoms with Gasteiger partial charge in [-0.05, 0) is 55.8 Å². The van der Waals surface area contributed by atoms with Crippen LogP contribution in [-0.4, -0.2) is 25.6 Å². The molecule has 0 radical (unpaired) electrons. The molecule has 230 valence electrons. The van der Waals surface area contributed by atoms with Gasteiger partial charge in [0.05, 0.1) is 24.9 Å².